The number of nitrogens with zero attached hydrogens (tertiary/aromatic N) is 2. The highest BCUT2D eigenvalue weighted by molar-refractivity contribution is 7.80. The zero-order chi connectivity index (χ0) is 6.85. The molecule has 0 aliphatic rings. The van der Waals surface area contributed by atoms with Crippen molar-refractivity contribution in [3.8, 4) is 0 Å². The summed E-state index contributed by atoms with van der Waals surface area (Å²) in [4.78, 5) is 0.920. The molecule has 0 aromatic carbocycles. The Labute approximate surface area is 60.3 Å². The zero-order valence-corrected chi connectivity index (χ0v) is 6.47. The third-order valence-electron chi connectivity index (χ3n) is 1.12. The van der Waals surface area contributed by atoms with E-state index in [4.69, 9.17) is 0 Å². The Morgan fingerprint density at radius 3 is 2.56 bits per heavy atom. The van der Waals surface area contributed by atoms with Gasteiger partial charge in [0.15, 0.2) is 0 Å². The van der Waals surface area contributed by atoms with Gasteiger partial charge in [-0.15, -0.1) is 12.6 Å². The summed E-state index contributed by atoms with van der Waals surface area (Å²) in [5.41, 5.74) is 0. The molecule has 50 valence electrons. The topological polar surface area (TPSA) is 17.8 Å². The molecule has 1 aromatic heterocycles. The summed E-state index contributed by atoms with van der Waals surface area (Å²) in [5, 5.41) is 4.06. The highest BCUT2D eigenvalue weighted by Gasteiger charge is 1.96. The van der Waals surface area contributed by atoms with E-state index in [1.54, 1.807) is 6.20 Å². The standard InChI is InChI=1S/C6H10N2S/c1-5(2)8-4-6(9)3-7-8/h3-5,9H,1-2H3. The van der Waals surface area contributed by atoms with Crippen LogP contribution in [0.15, 0.2) is 17.3 Å². The largest absolute Gasteiger partial charge is 0.269 e. The van der Waals surface area contributed by atoms with Crippen LogP contribution >= 0.6 is 12.6 Å². The van der Waals surface area contributed by atoms with E-state index in [2.05, 4.69) is 31.6 Å². The number of hydrogen-bond acceptors (Lipinski definition) is 2. The molecule has 1 rings (SSSR count). The maximum absolute atomic E-state index is 4.12. The maximum atomic E-state index is 4.12. The van der Waals surface area contributed by atoms with Crippen LogP contribution < -0.4 is 0 Å². The Balaban J connectivity index is 2.85. The molecule has 0 amide bonds. The molecule has 0 unspecified atom stereocenters. The second-order valence-corrected chi connectivity index (χ2v) is 2.79. The highest BCUT2D eigenvalue weighted by atomic mass is 32.1. The molecule has 0 N–H and O–H groups in total. The van der Waals surface area contributed by atoms with E-state index in [1.165, 1.54) is 0 Å². The molecule has 0 spiro atoms. The molecule has 0 radical (unpaired) electrons. The Kier molecular flexibility index (Phi) is 1.81. The Hall–Kier alpha value is -0.440. The fourth-order valence-electron chi connectivity index (χ4n) is 0.610. The fraction of sp³-hybridized carbons (Fsp3) is 0.500. The number of thiol groups is 1. The van der Waals surface area contributed by atoms with Gasteiger partial charge in [-0.25, -0.2) is 0 Å². The van der Waals surface area contributed by atoms with Gasteiger partial charge >= 0.3 is 0 Å². The van der Waals surface area contributed by atoms with E-state index in [1.807, 2.05) is 10.9 Å². The lowest BCUT2D eigenvalue weighted by atomic mass is 10.4. The minimum atomic E-state index is 0.436. The van der Waals surface area contributed by atoms with Gasteiger partial charge in [0.1, 0.15) is 0 Å². The quantitative estimate of drug-likeness (QED) is 0.591. The van der Waals surface area contributed by atoms with Crippen molar-refractivity contribution in [3.05, 3.63) is 12.4 Å². The van der Waals surface area contributed by atoms with E-state index in [-0.39, 0.29) is 0 Å². The first kappa shape index (κ1) is 6.68. The summed E-state index contributed by atoms with van der Waals surface area (Å²) >= 11 is 4.12. The predicted octanol–water partition coefficient (Wildman–Crippen LogP) is 1.75. The van der Waals surface area contributed by atoms with Crippen LogP contribution in [0.1, 0.15) is 19.9 Å². The molecule has 1 aromatic rings. The fourth-order valence-corrected chi connectivity index (χ4v) is 0.780. The Bertz CT molecular complexity index is 193. The van der Waals surface area contributed by atoms with E-state index in [0.29, 0.717) is 6.04 Å². The molecule has 0 saturated heterocycles. The van der Waals surface area contributed by atoms with Crippen LogP contribution in [0, 0.1) is 0 Å². The molecule has 2 nitrogen and oxygen atoms in total. The van der Waals surface area contributed by atoms with Gasteiger partial charge < -0.3 is 0 Å². The molecule has 0 bridgehead atoms. The third kappa shape index (κ3) is 1.48. The average molecular weight is 142 g/mol. The second kappa shape index (κ2) is 2.43. The molecule has 1 heterocycles. The summed E-state index contributed by atoms with van der Waals surface area (Å²) in [6, 6.07) is 0.436. The summed E-state index contributed by atoms with van der Waals surface area (Å²) in [6.07, 6.45) is 3.65. The maximum Gasteiger partial charge on any atom is 0.0623 e. The second-order valence-electron chi connectivity index (χ2n) is 2.27. The van der Waals surface area contributed by atoms with Crippen LogP contribution in [-0.4, -0.2) is 9.78 Å². The molecule has 0 saturated carbocycles. The van der Waals surface area contributed by atoms with Crippen molar-refractivity contribution in [1.82, 2.24) is 9.78 Å². The SMILES string of the molecule is CC(C)n1cc(S)cn1. The minimum absolute atomic E-state index is 0.436. The first-order chi connectivity index (χ1) is 4.20. The monoisotopic (exact) mass is 142 g/mol. The van der Waals surface area contributed by atoms with Gasteiger partial charge in [0, 0.05) is 17.1 Å². The van der Waals surface area contributed by atoms with Crippen LogP contribution in [0.2, 0.25) is 0 Å². The van der Waals surface area contributed by atoms with Gasteiger partial charge in [-0.05, 0) is 13.8 Å². The predicted molar refractivity (Wildman–Crippen MR) is 39.9 cm³/mol. The lowest BCUT2D eigenvalue weighted by Gasteiger charge is -2.01. The smallest absolute Gasteiger partial charge is 0.0623 e. The van der Waals surface area contributed by atoms with Crippen LogP contribution in [0.3, 0.4) is 0 Å². The van der Waals surface area contributed by atoms with Crippen molar-refractivity contribution < 1.29 is 0 Å². The van der Waals surface area contributed by atoms with Crippen molar-refractivity contribution in [1.29, 1.82) is 0 Å². The van der Waals surface area contributed by atoms with Crippen LogP contribution in [-0.2, 0) is 0 Å². The van der Waals surface area contributed by atoms with Gasteiger partial charge in [-0.3, -0.25) is 4.68 Å². The number of hydrogen-bond donors (Lipinski definition) is 1. The van der Waals surface area contributed by atoms with Crippen molar-refractivity contribution >= 4 is 12.6 Å². The van der Waals surface area contributed by atoms with Crippen LogP contribution in [0.4, 0.5) is 0 Å². The first-order valence-electron chi connectivity index (χ1n) is 2.93. The lowest BCUT2D eigenvalue weighted by Crippen LogP contribution is -1.99. The van der Waals surface area contributed by atoms with Crippen molar-refractivity contribution in [2.45, 2.75) is 24.8 Å². The van der Waals surface area contributed by atoms with Gasteiger partial charge in [-0.2, -0.15) is 5.10 Å². The first-order valence-corrected chi connectivity index (χ1v) is 3.38. The summed E-state index contributed by atoms with van der Waals surface area (Å²) in [7, 11) is 0. The Morgan fingerprint density at radius 2 is 2.33 bits per heavy atom. The summed E-state index contributed by atoms with van der Waals surface area (Å²) in [5.74, 6) is 0. The van der Waals surface area contributed by atoms with Gasteiger partial charge in [0.25, 0.3) is 0 Å². The van der Waals surface area contributed by atoms with E-state index < -0.39 is 0 Å². The number of aromatic nitrogens is 2. The van der Waals surface area contributed by atoms with Gasteiger partial charge in [0.05, 0.1) is 6.20 Å². The molecule has 0 aliphatic heterocycles. The Morgan fingerprint density at radius 1 is 1.67 bits per heavy atom. The molecule has 3 heteroatoms. The van der Waals surface area contributed by atoms with Crippen molar-refractivity contribution in [3.63, 3.8) is 0 Å². The molecular weight excluding hydrogens is 132 g/mol. The van der Waals surface area contributed by atoms with E-state index in [9.17, 15) is 0 Å². The molecular formula is C6H10N2S. The van der Waals surface area contributed by atoms with Crippen molar-refractivity contribution in [2.75, 3.05) is 0 Å². The summed E-state index contributed by atoms with van der Waals surface area (Å²) in [6.45, 7) is 4.17. The minimum Gasteiger partial charge on any atom is -0.269 e. The molecule has 0 aliphatic carbocycles. The van der Waals surface area contributed by atoms with E-state index >= 15 is 0 Å². The van der Waals surface area contributed by atoms with E-state index in [0.717, 1.165) is 4.90 Å². The molecule has 0 fully saturated rings. The lowest BCUT2D eigenvalue weighted by molar-refractivity contribution is 0.531. The average Bonchev–Trinajstić information content (AvgIpc) is 2.14. The summed E-state index contributed by atoms with van der Waals surface area (Å²) < 4.78 is 1.88. The van der Waals surface area contributed by atoms with Crippen LogP contribution in [0.25, 0.3) is 0 Å². The van der Waals surface area contributed by atoms with Gasteiger partial charge in [-0.1, -0.05) is 0 Å². The normalized spacial score (nSPS) is 10.7. The molecule has 0 atom stereocenters. The molecule has 9 heavy (non-hydrogen) atoms. The zero-order valence-electron chi connectivity index (χ0n) is 5.57. The third-order valence-corrected chi connectivity index (χ3v) is 1.35. The number of rotatable bonds is 1. The van der Waals surface area contributed by atoms with Gasteiger partial charge in [0.2, 0.25) is 0 Å². The van der Waals surface area contributed by atoms with Crippen molar-refractivity contribution in [2.24, 2.45) is 0 Å². The van der Waals surface area contributed by atoms with Crippen LogP contribution in [0.5, 0.6) is 0 Å². The highest BCUT2D eigenvalue weighted by Crippen LogP contribution is 2.07.